The molecule has 124 valence electrons. The quantitative estimate of drug-likeness (QED) is 0.678. The van der Waals surface area contributed by atoms with E-state index in [4.69, 9.17) is 4.74 Å². The molecule has 24 heavy (non-hydrogen) atoms. The molecule has 3 aromatic rings. The molecule has 0 fully saturated rings. The second-order valence-electron chi connectivity index (χ2n) is 6.77. The maximum absolute atomic E-state index is 12.6. The number of hydrogen-bond acceptors (Lipinski definition) is 2. The zero-order chi connectivity index (χ0) is 17.3. The van der Waals surface area contributed by atoms with Crippen molar-refractivity contribution in [2.45, 2.75) is 26.4 Å². The van der Waals surface area contributed by atoms with Gasteiger partial charge in [-0.3, -0.25) is 0 Å². The number of para-hydroxylation sites is 1. The van der Waals surface area contributed by atoms with Gasteiger partial charge in [0.15, 0.2) is 0 Å². The fourth-order valence-corrected chi connectivity index (χ4v) is 2.69. The van der Waals surface area contributed by atoms with E-state index >= 15 is 0 Å². The van der Waals surface area contributed by atoms with Crippen molar-refractivity contribution >= 4 is 17.0 Å². The van der Waals surface area contributed by atoms with Crippen molar-refractivity contribution in [1.29, 1.82) is 0 Å². The molecule has 1 aromatic heterocycles. The van der Waals surface area contributed by atoms with Gasteiger partial charge in [0.25, 0.3) is 0 Å². The summed E-state index contributed by atoms with van der Waals surface area (Å²) in [6.07, 6.45) is -0.388. The summed E-state index contributed by atoms with van der Waals surface area (Å²) in [6.45, 7) is 5.60. The van der Waals surface area contributed by atoms with Gasteiger partial charge in [-0.1, -0.05) is 48.5 Å². The van der Waals surface area contributed by atoms with Crippen LogP contribution in [0.25, 0.3) is 22.2 Å². The van der Waals surface area contributed by atoms with Gasteiger partial charge in [0.2, 0.25) is 0 Å². The standard InChI is InChI=1S/C20H22N2O2/c1-20(2,3)24-19(23)21(4)22-17-13-9-8-12-16(17)14-18(22)15-10-6-5-7-11-15/h5-14H,1-4H3. The lowest BCUT2D eigenvalue weighted by molar-refractivity contribution is 0.0554. The Morgan fingerprint density at radius 3 is 2.29 bits per heavy atom. The van der Waals surface area contributed by atoms with Gasteiger partial charge in [0.05, 0.1) is 11.2 Å². The molecule has 1 amide bonds. The summed E-state index contributed by atoms with van der Waals surface area (Å²) in [7, 11) is 1.73. The molecule has 0 bridgehead atoms. The van der Waals surface area contributed by atoms with Gasteiger partial charge < -0.3 is 4.74 Å². The molecule has 0 atom stereocenters. The first-order valence-electron chi connectivity index (χ1n) is 8.00. The van der Waals surface area contributed by atoms with E-state index in [-0.39, 0.29) is 6.09 Å². The third-order valence-electron chi connectivity index (χ3n) is 3.71. The molecule has 4 heteroatoms. The van der Waals surface area contributed by atoms with Crippen molar-refractivity contribution in [3.05, 3.63) is 60.7 Å². The number of carbonyl (C=O) groups is 1. The van der Waals surface area contributed by atoms with Crippen LogP contribution in [0.4, 0.5) is 4.79 Å². The highest BCUT2D eigenvalue weighted by atomic mass is 16.6. The van der Waals surface area contributed by atoms with Crippen LogP contribution in [0.5, 0.6) is 0 Å². The molecular formula is C20H22N2O2. The van der Waals surface area contributed by atoms with Crippen LogP contribution in [0.15, 0.2) is 60.7 Å². The molecule has 2 aromatic carbocycles. The van der Waals surface area contributed by atoms with Crippen molar-refractivity contribution < 1.29 is 9.53 Å². The Morgan fingerprint density at radius 2 is 1.62 bits per heavy atom. The lowest BCUT2D eigenvalue weighted by atomic mass is 10.1. The second-order valence-corrected chi connectivity index (χ2v) is 6.77. The van der Waals surface area contributed by atoms with Crippen LogP contribution in [0, 0.1) is 0 Å². The van der Waals surface area contributed by atoms with Gasteiger partial charge in [-0.2, -0.15) is 0 Å². The smallest absolute Gasteiger partial charge is 0.429 e. The predicted molar refractivity (Wildman–Crippen MR) is 97.7 cm³/mol. The Balaban J connectivity index is 2.13. The second kappa shape index (κ2) is 6.04. The Hall–Kier alpha value is -2.75. The zero-order valence-corrected chi connectivity index (χ0v) is 14.5. The highest BCUT2D eigenvalue weighted by molar-refractivity contribution is 5.91. The molecule has 0 radical (unpaired) electrons. The fourth-order valence-electron chi connectivity index (χ4n) is 2.69. The van der Waals surface area contributed by atoms with Gasteiger partial charge in [-0.25, -0.2) is 14.5 Å². The van der Waals surface area contributed by atoms with Crippen LogP contribution in [-0.2, 0) is 4.74 Å². The van der Waals surface area contributed by atoms with Gasteiger partial charge in [0, 0.05) is 18.0 Å². The number of benzene rings is 2. The molecule has 4 nitrogen and oxygen atoms in total. The number of aromatic nitrogens is 1. The van der Waals surface area contributed by atoms with Crippen LogP contribution in [0.3, 0.4) is 0 Å². The largest absolute Gasteiger partial charge is 0.442 e. The third kappa shape index (κ3) is 3.13. The average Bonchev–Trinajstić information content (AvgIpc) is 2.92. The minimum atomic E-state index is -0.540. The number of fused-ring (bicyclic) bond motifs is 1. The number of nitrogens with zero attached hydrogens (tertiary/aromatic N) is 2. The van der Waals surface area contributed by atoms with Crippen LogP contribution in [-0.4, -0.2) is 23.4 Å². The van der Waals surface area contributed by atoms with Crippen molar-refractivity contribution in [3.63, 3.8) is 0 Å². The maximum atomic E-state index is 12.6. The SMILES string of the molecule is CN(C(=O)OC(C)(C)C)n1c(-c2ccccc2)cc2ccccc21. The van der Waals surface area contributed by atoms with E-state index in [1.54, 1.807) is 7.05 Å². The number of carbonyl (C=O) groups excluding carboxylic acids is 1. The Kier molecular flexibility index (Phi) is 4.06. The first kappa shape index (κ1) is 16.1. The van der Waals surface area contributed by atoms with Crippen LogP contribution in [0.2, 0.25) is 0 Å². The van der Waals surface area contributed by atoms with E-state index < -0.39 is 5.60 Å². The Bertz CT molecular complexity index is 860. The van der Waals surface area contributed by atoms with E-state index in [2.05, 4.69) is 6.07 Å². The molecule has 0 saturated carbocycles. The highest BCUT2D eigenvalue weighted by Crippen LogP contribution is 2.28. The van der Waals surface area contributed by atoms with Gasteiger partial charge >= 0.3 is 6.09 Å². The maximum Gasteiger partial charge on any atom is 0.429 e. The van der Waals surface area contributed by atoms with Gasteiger partial charge in [0.1, 0.15) is 5.60 Å². The van der Waals surface area contributed by atoms with Crippen molar-refractivity contribution in [2.75, 3.05) is 12.1 Å². The molecule has 0 aliphatic heterocycles. The number of rotatable bonds is 2. The summed E-state index contributed by atoms with van der Waals surface area (Å²) >= 11 is 0. The van der Waals surface area contributed by atoms with Crippen LogP contribution < -0.4 is 5.01 Å². The van der Waals surface area contributed by atoms with Crippen LogP contribution in [0.1, 0.15) is 20.8 Å². The molecule has 0 aliphatic rings. The Labute approximate surface area is 142 Å². The van der Waals surface area contributed by atoms with Crippen LogP contribution >= 0.6 is 0 Å². The molecule has 0 unspecified atom stereocenters. The zero-order valence-electron chi connectivity index (χ0n) is 14.5. The number of amides is 1. The highest BCUT2D eigenvalue weighted by Gasteiger charge is 2.23. The summed E-state index contributed by atoms with van der Waals surface area (Å²) in [6, 6.07) is 20.1. The van der Waals surface area contributed by atoms with E-state index in [0.29, 0.717) is 0 Å². The van der Waals surface area contributed by atoms with Crippen molar-refractivity contribution in [2.24, 2.45) is 0 Å². The number of hydrogen-bond donors (Lipinski definition) is 0. The first-order chi connectivity index (χ1) is 11.4. The summed E-state index contributed by atoms with van der Waals surface area (Å²) in [5, 5.41) is 2.60. The van der Waals surface area contributed by atoms with Gasteiger partial charge in [-0.05, 0) is 32.9 Å². The topological polar surface area (TPSA) is 34.5 Å². The minimum Gasteiger partial charge on any atom is -0.442 e. The predicted octanol–water partition coefficient (Wildman–Crippen LogP) is 4.81. The first-order valence-corrected chi connectivity index (χ1v) is 8.00. The molecule has 1 heterocycles. The molecular weight excluding hydrogens is 300 g/mol. The lowest BCUT2D eigenvalue weighted by Crippen LogP contribution is -2.41. The summed E-state index contributed by atoms with van der Waals surface area (Å²) in [4.78, 5) is 12.6. The van der Waals surface area contributed by atoms with E-state index in [9.17, 15) is 4.79 Å². The minimum absolute atomic E-state index is 0.388. The summed E-state index contributed by atoms with van der Waals surface area (Å²) in [5.74, 6) is 0. The van der Waals surface area contributed by atoms with E-state index in [0.717, 1.165) is 22.2 Å². The van der Waals surface area contributed by atoms with Crippen molar-refractivity contribution in [3.8, 4) is 11.3 Å². The normalized spacial score (nSPS) is 11.5. The van der Waals surface area contributed by atoms with E-state index in [1.165, 1.54) is 5.01 Å². The van der Waals surface area contributed by atoms with Crippen molar-refractivity contribution in [1.82, 2.24) is 4.68 Å². The molecule has 0 N–H and O–H groups in total. The fraction of sp³-hybridized carbons (Fsp3) is 0.250. The monoisotopic (exact) mass is 322 g/mol. The summed E-state index contributed by atoms with van der Waals surface area (Å²) < 4.78 is 7.43. The molecule has 0 aliphatic carbocycles. The molecule has 0 saturated heterocycles. The lowest BCUT2D eigenvalue weighted by Gasteiger charge is -2.27. The average molecular weight is 322 g/mol. The number of ether oxygens (including phenoxy) is 1. The third-order valence-corrected chi connectivity index (χ3v) is 3.71. The molecule has 0 spiro atoms. The van der Waals surface area contributed by atoms with E-state index in [1.807, 2.05) is 80.0 Å². The Morgan fingerprint density at radius 1 is 1.00 bits per heavy atom. The molecule has 3 rings (SSSR count). The van der Waals surface area contributed by atoms with Gasteiger partial charge in [-0.15, -0.1) is 0 Å². The summed E-state index contributed by atoms with van der Waals surface area (Å²) in [5.41, 5.74) is 2.42.